The number of ether oxygens (including phenoxy) is 1. The second-order valence-electron chi connectivity index (χ2n) is 8.90. The van der Waals surface area contributed by atoms with Gasteiger partial charge in [-0.15, -0.1) is 0 Å². The molecule has 1 aromatic heterocycles. The first kappa shape index (κ1) is 21.5. The number of benzene rings is 3. The number of hydrogen-bond acceptors (Lipinski definition) is 7. The highest BCUT2D eigenvalue weighted by atomic mass is 16.5. The van der Waals surface area contributed by atoms with Gasteiger partial charge in [-0.05, 0) is 13.0 Å². The highest BCUT2D eigenvalue weighted by Crippen LogP contribution is 2.58. The molecular weight excluding hydrogens is 458 g/mol. The molecule has 3 heterocycles. The number of carbonyl (C=O) groups is 1. The van der Waals surface area contributed by atoms with E-state index in [0.29, 0.717) is 22.6 Å². The van der Waals surface area contributed by atoms with Crippen LogP contribution in [-0.4, -0.2) is 18.1 Å². The van der Waals surface area contributed by atoms with Gasteiger partial charge < -0.3 is 24.9 Å². The van der Waals surface area contributed by atoms with Crippen LogP contribution in [0.5, 0.6) is 11.5 Å². The monoisotopic (exact) mass is 477 g/mol. The van der Waals surface area contributed by atoms with Gasteiger partial charge in [0.05, 0.1) is 5.56 Å². The largest absolute Gasteiger partial charge is 0.507 e. The van der Waals surface area contributed by atoms with Crippen molar-refractivity contribution in [2.24, 2.45) is 5.73 Å². The van der Waals surface area contributed by atoms with Gasteiger partial charge in [-0.3, -0.25) is 9.59 Å². The number of aryl methyl sites for hydroxylation is 1. The van der Waals surface area contributed by atoms with E-state index in [0.717, 1.165) is 5.56 Å². The lowest BCUT2D eigenvalue weighted by Gasteiger charge is -2.34. The van der Waals surface area contributed by atoms with E-state index < -0.39 is 22.5 Å². The van der Waals surface area contributed by atoms with Gasteiger partial charge in [-0.2, -0.15) is 5.26 Å². The van der Waals surface area contributed by atoms with Crippen molar-refractivity contribution in [3.8, 4) is 28.9 Å². The normalized spacial score (nSPS) is 18.2. The SMILES string of the molecule is Cc1ccc2c(c1)C1(C(=O)N2C)C(C#N)=C(N)Oc2cc3oc(-c4ccccc4)cc(=O)c3c(O)c21. The number of nitrogens with zero attached hydrogens (tertiary/aromatic N) is 2. The number of rotatable bonds is 1. The molecule has 0 radical (unpaired) electrons. The van der Waals surface area contributed by atoms with Gasteiger partial charge in [0.15, 0.2) is 5.43 Å². The first-order valence-electron chi connectivity index (χ1n) is 11.2. The highest BCUT2D eigenvalue weighted by Gasteiger charge is 2.60. The van der Waals surface area contributed by atoms with Crippen molar-refractivity contribution in [1.29, 1.82) is 5.26 Å². The second-order valence-corrected chi connectivity index (χ2v) is 8.90. The van der Waals surface area contributed by atoms with Crippen molar-refractivity contribution in [2.75, 3.05) is 11.9 Å². The molecule has 8 heteroatoms. The van der Waals surface area contributed by atoms with Crippen LogP contribution in [-0.2, 0) is 10.2 Å². The Morgan fingerprint density at radius 2 is 1.83 bits per heavy atom. The van der Waals surface area contributed by atoms with Gasteiger partial charge in [0.2, 0.25) is 11.8 Å². The Hall–Kier alpha value is -5.03. The van der Waals surface area contributed by atoms with E-state index in [1.807, 2.05) is 37.3 Å². The molecule has 3 N–H and O–H groups in total. The molecule has 0 fully saturated rings. The first-order chi connectivity index (χ1) is 17.3. The molecule has 176 valence electrons. The fraction of sp³-hybridized carbons (Fsp3) is 0.107. The third-order valence-electron chi connectivity index (χ3n) is 6.89. The lowest BCUT2D eigenvalue weighted by Crippen LogP contribution is -2.45. The summed E-state index contributed by atoms with van der Waals surface area (Å²) in [7, 11) is 1.59. The molecule has 0 aliphatic carbocycles. The van der Waals surface area contributed by atoms with Gasteiger partial charge in [0.25, 0.3) is 0 Å². The zero-order valence-corrected chi connectivity index (χ0v) is 19.3. The summed E-state index contributed by atoms with van der Waals surface area (Å²) in [5, 5.41) is 21.6. The number of anilines is 1. The summed E-state index contributed by atoms with van der Waals surface area (Å²) >= 11 is 0. The summed E-state index contributed by atoms with van der Waals surface area (Å²) < 4.78 is 11.8. The molecule has 1 amide bonds. The summed E-state index contributed by atoms with van der Waals surface area (Å²) in [6, 6.07) is 19.2. The number of carbonyl (C=O) groups excluding carboxylic acids is 1. The second kappa shape index (κ2) is 7.23. The van der Waals surface area contributed by atoms with Crippen molar-refractivity contribution in [3.63, 3.8) is 0 Å². The molecule has 3 aromatic carbocycles. The summed E-state index contributed by atoms with van der Waals surface area (Å²) in [6.45, 7) is 1.86. The standard InChI is InChI=1S/C28H19N3O5/c1-14-8-9-18-16(10-14)28(27(34)31(18)2)17(13-29)26(30)36-22-12-21-23(25(33)24(22)28)19(32)11-20(35-21)15-6-4-3-5-7-15/h3-12,33H,30H2,1-2H3. The number of phenolic OH excluding ortho intramolecular Hbond substituents is 1. The molecule has 1 atom stereocenters. The van der Waals surface area contributed by atoms with Gasteiger partial charge in [0.1, 0.15) is 45.3 Å². The Balaban J connectivity index is 1.74. The molecule has 1 spiro atoms. The first-order valence-corrected chi connectivity index (χ1v) is 11.2. The summed E-state index contributed by atoms with van der Waals surface area (Å²) in [5.74, 6) is -0.918. The maximum Gasteiger partial charge on any atom is 0.247 e. The Morgan fingerprint density at radius 3 is 2.56 bits per heavy atom. The van der Waals surface area contributed by atoms with E-state index in [1.54, 1.807) is 31.3 Å². The van der Waals surface area contributed by atoms with Crippen LogP contribution in [0.25, 0.3) is 22.3 Å². The Bertz CT molecular complexity index is 1760. The molecule has 0 saturated heterocycles. The van der Waals surface area contributed by atoms with E-state index in [-0.39, 0.29) is 33.7 Å². The number of amides is 1. The lowest BCUT2D eigenvalue weighted by atomic mass is 9.68. The molecule has 2 aliphatic rings. The number of nitrogens with two attached hydrogens (primary N) is 1. The number of fused-ring (bicyclic) bond motifs is 5. The van der Waals surface area contributed by atoms with Crippen molar-refractivity contribution in [2.45, 2.75) is 12.3 Å². The molecule has 8 nitrogen and oxygen atoms in total. The van der Waals surface area contributed by atoms with Crippen LogP contribution in [0.3, 0.4) is 0 Å². The molecule has 36 heavy (non-hydrogen) atoms. The number of nitriles is 1. The van der Waals surface area contributed by atoms with Crippen LogP contribution in [0.2, 0.25) is 0 Å². The maximum atomic E-state index is 14.0. The zero-order chi connectivity index (χ0) is 25.4. The van der Waals surface area contributed by atoms with Gasteiger partial charge in [-0.25, -0.2) is 0 Å². The van der Waals surface area contributed by atoms with Crippen LogP contribution >= 0.6 is 0 Å². The molecule has 0 saturated carbocycles. The van der Waals surface area contributed by atoms with Gasteiger partial charge in [0, 0.05) is 36.0 Å². The minimum absolute atomic E-state index is 0.0123. The van der Waals surface area contributed by atoms with Crippen molar-refractivity contribution in [3.05, 3.63) is 99.0 Å². The zero-order valence-electron chi connectivity index (χ0n) is 19.3. The molecule has 2 aliphatic heterocycles. The Labute approximate surface area is 205 Å². The smallest absolute Gasteiger partial charge is 0.247 e. The molecule has 1 unspecified atom stereocenters. The minimum atomic E-state index is -1.79. The number of phenols is 1. The summed E-state index contributed by atoms with van der Waals surface area (Å²) in [5.41, 5.74) is 6.34. The average Bonchev–Trinajstić information content (AvgIpc) is 3.06. The number of likely N-dealkylation sites (N-methyl/N-ethyl adjacent to an activating group) is 1. The van der Waals surface area contributed by atoms with Crippen LogP contribution in [0.1, 0.15) is 16.7 Å². The average molecular weight is 477 g/mol. The van der Waals surface area contributed by atoms with E-state index in [2.05, 4.69) is 0 Å². The molecule has 0 bridgehead atoms. The Morgan fingerprint density at radius 1 is 1.08 bits per heavy atom. The minimum Gasteiger partial charge on any atom is -0.507 e. The quantitative estimate of drug-likeness (QED) is 0.426. The van der Waals surface area contributed by atoms with Crippen molar-refractivity contribution in [1.82, 2.24) is 0 Å². The van der Waals surface area contributed by atoms with Crippen LogP contribution in [0, 0.1) is 18.3 Å². The molecular formula is C28H19N3O5. The third-order valence-corrected chi connectivity index (χ3v) is 6.89. The predicted molar refractivity (Wildman–Crippen MR) is 132 cm³/mol. The fourth-order valence-electron chi connectivity index (χ4n) is 5.29. The summed E-state index contributed by atoms with van der Waals surface area (Å²) in [4.78, 5) is 28.7. The maximum absolute atomic E-state index is 14.0. The van der Waals surface area contributed by atoms with Crippen molar-refractivity contribution >= 4 is 22.6 Å². The van der Waals surface area contributed by atoms with Gasteiger partial charge in [-0.1, -0.05) is 48.0 Å². The van der Waals surface area contributed by atoms with Crippen molar-refractivity contribution < 1.29 is 19.1 Å². The van der Waals surface area contributed by atoms with Gasteiger partial charge >= 0.3 is 0 Å². The number of aromatic hydroxyl groups is 1. The van der Waals surface area contributed by atoms with E-state index in [4.69, 9.17) is 14.9 Å². The topological polar surface area (TPSA) is 130 Å². The van der Waals surface area contributed by atoms with E-state index >= 15 is 0 Å². The Kier molecular flexibility index (Phi) is 4.32. The number of hydrogen-bond donors (Lipinski definition) is 2. The van der Waals surface area contributed by atoms with Crippen LogP contribution < -0.4 is 20.8 Å². The summed E-state index contributed by atoms with van der Waals surface area (Å²) in [6.07, 6.45) is 0. The van der Waals surface area contributed by atoms with E-state index in [9.17, 15) is 20.0 Å². The highest BCUT2D eigenvalue weighted by molar-refractivity contribution is 6.15. The fourth-order valence-corrected chi connectivity index (χ4v) is 5.29. The molecule has 4 aromatic rings. The predicted octanol–water partition coefficient (Wildman–Crippen LogP) is 3.82. The molecule has 6 rings (SSSR count). The third kappa shape index (κ3) is 2.57. The van der Waals surface area contributed by atoms with E-state index in [1.165, 1.54) is 17.0 Å². The van der Waals surface area contributed by atoms with Crippen LogP contribution in [0.4, 0.5) is 5.69 Å². The van der Waals surface area contributed by atoms with Crippen LogP contribution in [0.15, 0.2) is 81.3 Å². The lowest BCUT2D eigenvalue weighted by molar-refractivity contribution is -0.120.